The van der Waals surface area contributed by atoms with Crippen molar-refractivity contribution < 1.29 is 30.9 Å². The predicted octanol–water partition coefficient (Wildman–Crippen LogP) is 0.385. The molecular weight excluding hydrogens is 231 g/mol. The van der Waals surface area contributed by atoms with Crippen molar-refractivity contribution in [1.29, 1.82) is 0 Å². The number of hydrogen-bond donors (Lipinski definition) is 1. The van der Waals surface area contributed by atoms with Crippen LogP contribution in [0, 0.1) is 0 Å². The monoisotopic (exact) mass is 240 g/mol. The zero-order valence-corrected chi connectivity index (χ0v) is 7.12. The van der Waals surface area contributed by atoms with Crippen LogP contribution in [0.25, 0.3) is 0 Å². The van der Waals surface area contributed by atoms with E-state index in [0.717, 1.165) is 0 Å². The second kappa shape index (κ2) is 4.83. The van der Waals surface area contributed by atoms with Gasteiger partial charge in [-0.3, -0.25) is 0 Å². The van der Waals surface area contributed by atoms with Gasteiger partial charge in [-0.25, -0.2) is 0 Å². The minimum atomic E-state index is -0.167. The van der Waals surface area contributed by atoms with Crippen molar-refractivity contribution in [2.24, 2.45) is 0 Å². The molecule has 0 spiro atoms. The van der Waals surface area contributed by atoms with Gasteiger partial charge in [0.2, 0.25) is 0 Å². The van der Waals surface area contributed by atoms with E-state index in [9.17, 15) is 0 Å². The smallest absolute Gasteiger partial charge is 0.0483 e. The fourth-order valence-electron chi connectivity index (χ4n) is 0. The molecule has 1 nitrogen and oxygen atoms in total. The van der Waals surface area contributed by atoms with Crippen molar-refractivity contribution in [2.75, 3.05) is 0 Å². The molecule has 0 amide bonds. The number of aliphatic hydroxyl groups is 1. The van der Waals surface area contributed by atoms with Crippen molar-refractivity contribution in [3.63, 3.8) is 0 Å². The first-order valence-electron chi connectivity index (χ1n) is 1.41. The molecule has 1 N–H and O–H groups in total. The Morgan fingerprint density at radius 1 is 1.40 bits per heavy atom. The van der Waals surface area contributed by atoms with Crippen LogP contribution in [0.15, 0.2) is 0 Å². The summed E-state index contributed by atoms with van der Waals surface area (Å²) in [5, 5.41) is 8.06. The third-order valence-corrected chi connectivity index (χ3v) is 0. The summed E-state index contributed by atoms with van der Waals surface area (Å²) in [4.78, 5) is 0. The van der Waals surface area contributed by atoms with Crippen LogP contribution in [0.1, 0.15) is 13.8 Å². The summed E-state index contributed by atoms with van der Waals surface area (Å²) < 4.78 is 0. The topological polar surface area (TPSA) is 20.2 Å². The molecular formula is C3H8HfO. The van der Waals surface area contributed by atoms with E-state index in [2.05, 4.69) is 0 Å². The summed E-state index contributed by atoms with van der Waals surface area (Å²) in [7, 11) is 0. The molecule has 0 heterocycles. The average molecular weight is 239 g/mol. The van der Waals surface area contributed by atoms with Gasteiger partial charge in [-0.05, 0) is 13.8 Å². The Balaban J connectivity index is 0. The normalized spacial score (nSPS) is 7.20. The van der Waals surface area contributed by atoms with Gasteiger partial charge in [0, 0.05) is 31.9 Å². The molecule has 0 fully saturated rings. The summed E-state index contributed by atoms with van der Waals surface area (Å²) in [6.07, 6.45) is -0.167. The van der Waals surface area contributed by atoms with E-state index in [4.69, 9.17) is 5.11 Å². The van der Waals surface area contributed by atoms with Gasteiger partial charge in [0.1, 0.15) is 0 Å². The zero-order chi connectivity index (χ0) is 3.58. The fraction of sp³-hybridized carbons (Fsp3) is 1.00. The molecule has 0 bridgehead atoms. The van der Waals surface area contributed by atoms with Gasteiger partial charge in [0.15, 0.2) is 0 Å². The Morgan fingerprint density at radius 3 is 1.40 bits per heavy atom. The molecule has 0 unspecified atom stereocenters. The second-order valence-corrected chi connectivity index (χ2v) is 1.09. The molecule has 2 heteroatoms. The van der Waals surface area contributed by atoms with Gasteiger partial charge in [-0.15, -0.1) is 0 Å². The molecule has 0 aromatic rings. The van der Waals surface area contributed by atoms with Crippen LogP contribution in [0.3, 0.4) is 0 Å². The standard InChI is InChI=1S/C3H8O.Hf/c1-3(2)4;/h3-4H,1-2H3;. The van der Waals surface area contributed by atoms with E-state index in [1.807, 2.05) is 0 Å². The van der Waals surface area contributed by atoms with Crippen molar-refractivity contribution in [3.8, 4) is 0 Å². The fourth-order valence-corrected chi connectivity index (χ4v) is 0. The first-order valence-corrected chi connectivity index (χ1v) is 1.41. The maximum atomic E-state index is 8.06. The first-order chi connectivity index (χ1) is 1.73. The van der Waals surface area contributed by atoms with E-state index >= 15 is 0 Å². The zero-order valence-electron chi connectivity index (χ0n) is 3.52. The van der Waals surface area contributed by atoms with Crippen molar-refractivity contribution in [1.82, 2.24) is 0 Å². The second-order valence-electron chi connectivity index (χ2n) is 1.09. The predicted molar refractivity (Wildman–Crippen MR) is 17.4 cm³/mol. The van der Waals surface area contributed by atoms with Gasteiger partial charge in [-0.2, -0.15) is 0 Å². The van der Waals surface area contributed by atoms with Crippen molar-refractivity contribution in [3.05, 3.63) is 0 Å². The van der Waals surface area contributed by atoms with Gasteiger partial charge in [-0.1, -0.05) is 0 Å². The molecule has 0 saturated carbocycles. The molecule has 0 atom stereocenters. The quantitative estimate of drug-likeness (QED) is 0.605. The maximum Gasteiger partial charge on any atom is 0.0483 e. The number of rotatable bonds is 0. The van der Waals surface area contributed by atoms with Gasteiger partial charge >= 0.3 is 0 Å². The SMILES string of the molecule is CC(C)O.[Hf]. The third-order valence-electron chi connectivity index (χ3n) is 0. The van der Waals surface area contributed by atoms with E-state index < -0.39 is 0 Å². The molecule has 5 heavy (non-hydrogen) atoms. The van der Waals surface area contributed by atoms with Crippen LogP contribution in [0.2, 0.25) is 0 Å². The summed E-state index contributed by atoms with van der Waals surface area (Å²) in [6.45, 7) is 3.44. The molecule has 0 aromatic heterocycles. The molecule has 30 valence electrons. The average Bonchev–Trinajstić information content (AvgIpc) is 0.811. The molecule has 0 aliphatic rings. The summed E-state index contributed by atoms with van der Waals surface area (Å²) in [5.41, 5.74) is 0. The van der Waals surface area contributed by atoms with Crippen LogP contribution >= 0.6 is 0 Å². The molecule has 0 aromatic carbocycles. The number of hydrogen-bond acceptors (Lipinski definition) is 1. The molecule has 0 radical (unpaired) electrons. The Morgan fingerprint density at radius 2 is 1.40 bits per heavy atom. The van der Waals surface area contributed by atoms with Gasteiger partial charge in [0.05, 0.1) is 0 Å². The van der Waals surface area contributed by atoms with Crippen LogP contribution < -0.4 is 0 Å². The maximum absolute atomic E-state index is 8.06. The van der Waals surface area contributed by atoms with Crippen LogP contribution in [0.5, 0.6) is 0 Å². The summed E-state index contributed by atoms with van der Waals surface area (Å²) in [5.74, 6) is 0. The van der Waals surface area contributed by atoms with E-state index in [0.29, 0.717) is 0 Å². The van der Waals surface area contributed by atoms with Crippen molar-refractivity contribution >= 4 is 0 Å². The largest absolute Gasteiger partial charge is 0.394 e. The van der Waals surface area contributed by atoms with Gasteiger partial charge < -0.3 is 5.11 Å². The molecule has 0 aliphatic carbocycles. The van der Waals surface area contributed by atoms with Crippen molar-refractivity contribution in [2.45, 2.75) is 20.0 Å². The minimum absolute atomic E-state index is 0. The van der Waals surface area contributed by atoms with Gasteiger partial charge in [0.25, 0.3) is 0 Å². The Bertz CT molecular complexity index is 11.6. The summed E-state index contributed by atoms with van der Waals surface area (Å²) in [6, 6.07) is 0. The Kier molecular flexibility index (Phi) is 8.96. The van der Waals surface area contributed by atoms with E-state index in [1.165, 1.54) is 0 Å². The van der Waals surface area contributed by atoms with Crippen LogP contribution in [-0.2, 0) is 25.8 Å². The minimum Gasteiger partial charge on any atom is -0.394 e. The summed E-state index contributed by atoms with van der Waals surface area (Å²) >= 11 is 0. The Hall–Kier alpha value is 0.830. The molecule has 0 saturated heterocycles. The van der Waals surface area contributed by atoms with Crippen LogP contribution in [0.4, 0.5) is 0 Å². The molecule has 0 rings (SSSR count). The van der Waals surface area contributed by atoms with E-state index in [1.54, 1.807) is 13.8 Å². The Labute approximate surface area is 51.2 Å². The molecule has 0 aliphatic heterocycles. The number of aliphatic hydroxyl groups excluding tert-OH is 1. The first kappa shape index (κ1) is 9.27. The third kappa shape index (κ3) is 56.1. The van der Waals surface area contributed by atoms with E-state index in [-0.39, 0.29) is 31.9 Å². The van der Waals surface area contributed by atoms with Crippen LogP contribution in [-0.4, -0.2) is 11.2 Å².